The molecular weight excluding hydrogens is 362 g/mol. The van der Waals surface area contributed by atoms with Crippen LogP contribution in [0.1, 0.15) is 107 Å². The Balaban J connectivity index is 1.99. The van der Waals surface area contributed by atoms with Gasteiger partial charge in [0.1, 0.15) is 6.04 Å². The average molecular weight is 404 g/mol. The molecule has 1 amide bonds. The number of rotatable bonds is 16. The van der Waals surface area contributed by atoms with E-state index in [9.17, 15) is 9.59 Å². The van der Waals surface area contributed by atoms with Crippen LogP contribution in [-0.2, 0) is 9.53 Å². The Labute approximate surface area is 177 Å². The summed E-state index contributed by atoms with van der Waals surface area (Å²) in [4.78, 5) is 24.2. The predicted molar refractivity (Wildman–Crippen MR) is 120 cm³/mol. The molecule has 1 aromatic rings. The van der Waals surface area contributed by atoms with Crippen LogP contribution in [0.2, 0.25) is 0 Å². The summed E-state index contributed by atoms with van der Waals surface area (Å²) in [7, 11) is 0. The van der Waals surface area contributed by atoms with E-state index in [1.54, 1.807) is 19.1 Å². The van der Waals surface area contributed by atoms with Gasteiger partial charge in [0.05, 0.1) is 6.61 Å². The Bertz CT molecular complexity index is 568. The maximum absolute atomic E-state index is 12.1. The second-order valence-electron chi connectivity index (χ2n) is 8.12. The number of esters is 1. The lowest BCUT2D eigenvalue weighted by atomic mass is 10.1. The van der Waals surface area contributed by atoms with E-state index in [1.807, 2.05) is 19.1 Å². The lowest BCUT2D eigenvalue weighted by Crippen LogP contribution is -2.39. The summed E-state index contributed by atoms with van der Waals surface area (Å²) in [5, 5.41) is 2.70. The van der Waals surface area contributed by atoms with E-state index in [-0.39, 0.29) is 11.9 Å². The van der Waals surface area contributed by atoms with Gasteiger partial charge in [0, 0.05) is 5.56 Å². The van der Waals surface area contributed by atoms with Crippen molar-refractivity contribution in [3.8, 4) is 0 Å². The molecule has 0 aliphatic carbocycles. The Hall–Kier alpha value is -1.84. The molecule has 0 unspecified atom stereocenters. The fourth-order valence-corrected chi connectivity index (χ4v) is 3.28. The summed E-state index contributed by atoms with van der Waals surface area (Å²) in [6.45, 7) is 6.32. The SMILES string of the molecule is CCCCCCCCCCCCCCOC(=O)[C@H](C)NC(=O)c1ccc(C)cc1. The normalized spacial score (nSPS) is 11.8. The largest absolute Gasteiger partial charge is 0.464 e. The van der Waals surface area contributed by atoms with Gasteiger partial charge in [0.15, 0.2) is 0 Å². The van der Waals surface area contributed by atoms with Gasteiger partial charge < -0.3 is 10.1 Å². The van der Waals surface area contributed by atoms with Crippen LogP contribution >= 0.6 is 0 Å². The summed E-state index contributed by atoms with van der Waals surface area (Å²) >= 11 is 0. The highest BCUT2D eigenvalue weighted by Crippen LogP contribution is 2.12. The molecule has 29 heavy (non-hydrogen) atoms. The van der Waals surface area contributed by atoms with E-state index in [0.29, 0.717) is 12.2 Å². The number of hydrogen-bond donors (Lipinski definition) is 1. The third-order valence-electron chi connectivity index (χ3n) is 5.26. The summed E-state index contributed by atoms with van der Waals surface area (Å²) in [5.74, 6) is -0.617. The number of unbranched alkanes of at least 4 members (excludes halogenated alkanes) is 11. The van der Waals surface area contributed by atoms with Gasteiger partial charge in [-0.1, -0.05) is 95.2 Å². The zero-order valence-corrected chi connectivity index (χ0v) is 18.8. The number of carbonyl (C=O) groups excluding carboxylic acids is 2. The van der Waals surface area contributed by atoms with Crippen LogP contribution in [0.15, 0.2) is 24.3 Å². The van der Waals surface area contributed by atoms with Crippen LogP contribution < -0.4 is 5.32 Å². The van der Waals surface area contributed by atoms with Crippen molar-refractivity contribution in [3.63, 3.8) is 0 Å². The first kappa shape index (κ1) is 25.2. The highest BCUT2D eigenvalue weighted by Gasteiger charge is 2.17. The smallest absolute Gasteiger partial charge is 0.328 e. The molecule has 0 saturated heterocycles. The van der Waals surface area contributed by atoms with Gasteiger partial charge in [0.25, 0.3) is 5.91 Å². The Morgan fingerprint density at radius 2 is 1.31 bits per heavy atom. The Morgan fingerprint density at radius 3 is 1.83 bits per heavy atom. The minimum atomic E-state index is -0.638. The molecule has 1 aromatic carbocycles. The maximum atomic E-state index is 12.1. The molecular formula is C25H41NO3. The van der Waals surface area contributed by atoms with E-state index in [4.69, 9.17) is 4.74 Å². The number of carbonyl (C=O) groups is 2. The van der Waals surface area contributed by atoms with Gasteiger partial charge in [-0.3, -0.25) is 4.79 Å². The van der Waals surface area contributed by atoms with Gasteiger partial charge >= 0.3 is 5.97 Å². The molecule has 1 atom stereocenters. The molecule has 0 heterocycles. The molecule has 0 aromatic heterocycles. The highest BCUT2D eigenvalue weighted by molar-refractivity contribution is 5.96. The van der Waals surface area contributed by atoms with Crippen molar-refractivity contribution in [2.45, 2.75) is 104 Å². The third-order valence-corrected chi connectivity index (χ3v) is 5.26. The van der Waals surface area contributed by atoms with Crippen LogP contribution in [0.25, 0.3) is 0 Å². The first-order valence-corrected chi connectivity index (χ1v) is 11.6. The maximum Gasteiger partial charge on any atom is 0.328 e. The van der Waals surface area contributed by atoms with Crippen LogP contribution in [0, 0.1) is 6.92 Å². The first-order chi connectivity index (χ1) is 14.0. The van der Waals surface area contributed by atoms with Crippen molar-refractivity contribution in [1.82, 2.24) is 5.32 Å². The van der Waals surface area contributed by atoms with Crippen LogP contribution in [0.5, 0.6) is 0 Å². The fraction of sp³-hybridized carbons (Fsp3) is 0.680. The summed E-state index contributed by atoms with van der Waals surface area (Å²) in [6.07, 6.45) is 15.3. The lowest BCUT2D eigenvalue weighted by Gasteiger charge is -2.13. The molecule has 4 nitrogen and oxygen atoms in total. The Kier molecular flexibility index (Phi) is 13.9. The third kappa shape index (κ3) is 12.4. The fourth-order valence-electron chi connectivity index (χ4n) is 3.28. The zero-order valence-electron chi connectivity index (χ0n) is 18.8. The first-order valence-electron chi connectivity index (χ1n) is 11.6. The van der Waals surface area contributed by atoms with Gasteiger partial charge in [-0.15, -0.1) is 0 Å². The highest BCUT2D eigenvalue weighted by atomic mass is 16.5. The van der Waals surface area contributed by atoms with E-state index in [2.05, 4.69) is 12.2 Å². The van der Waals surface area contributed by atoms with Crippen molar-refractivity contribution >= 4 is 11.9 Å². The summed E-state index contributed by atoms with van der Waals surface area (Å²) in [5.41, 5.74) is 1.65. The molecule has 0 spiro atoms. The van der Waals surface area contributed by atoms with E-state index < -0.39 is 6.04 Å². The zero-order chi connectivity index (χ0) is 21.3. The quantitative estimate of drug-likeness (QED) is 0.258. The van der Waals surface area contributed by atoms with Gasteiger partial charge in [-0.05, 0) is 32.4 Å². The predicted octanol–water partition coefficient (Wildman–Crippen LogP) is 6.36. The number of benzene rings is 1. The van der Waals surface area contributed by atoms with Crippen LogP contribution in [-0.4, -0.2) is 24.5 Å². The second kappa shape index (κ2) is 16.0. The van der Waals surface area contributed by atoms with Crippen LogP contribution in [0.4, 0.5) is 0 Å². The Morgan fingerprint density at radius 1 is 0.828 bits per heavy atom. The van der Waals surface area contributed by atoms with Crippen molar-refractivity contribution < 1.29 is 14.3 Å². The van der Waals surface area contributed by atoms with Crippen LogP contribution in [0.3, 0.4) is 0 Å². The summed E-state index contributed by atoms with van der Waals surface area (Å²) in [6, 6.07) is 6.64. The van der Waals surface area contributed by atoms with Crippen molar-refractivity contribution in [2.24, 2.45) is 0 Å². The number of aryl methyl sites for hydroxylation is 1. The topological polar surface area (TPSA) is 55.4 Å². The summed E-state index contributed by atoms with van der Waals surface area (Å²) < 4.78 is 5.30. The molecule has 0 bridgehead atoms. The minimum absolute atomic E-state index is 0.250. The second-order valence-corrected chi connectivity index (χ2v) is 8.12. The molecule has 4 heteroatoms. The number of hydrogen-bond acceptors (Lipinski definition) is 3. The van der Waals surface area contributed by atoms with E-state index in [1.165, 1.54) is 64.2 Å². The lowest BCUT2D eigenvalue weighted by molar-refractivity contribution is -0.145. The molecule has 0 aliphatic rings. The number of amides is 1. The monoisotopic (exact) mass is 403 g/mol. The molecule has 0 saturated carbocycles. The minimum Gasteiger partial charge on any atom is -0.464 e. The molecule has 0 radical (unpaired) electrons. The molecule has 1 N–H and O–H groups in total. The van der Waals surface area contributed by atoms with Gasteiger partial charge in [0.2, 0.25) is 0 Å². The molecule has 1 rings (SSSR count). The number of ether oxygens (including phenoxy) is 1. The van der Waals surface area contributed by atoms with Gasteiger partial charge in [-0.2, -0.15) is 0 Å². The molecule has 0 aliphatic heterocycles. The van der Waals surface area contributed by atoms with E-state index in [0.717, 1.165) is 18.4 Å². The van der Waals surface area contributed by atoms with Crippen molar-refractivity contribution in [1.29, 1.82) is 0 Å². The van der Waals surface area contributed by atoms with Crippen molar-refractivity contribution in [2.75, 3.05) is 6.61 Å². The number of nitrogens with one attached hydrogen (secondary N) is 1. The standard InChI is InChI=1S/C25H41NO3/c1-4-5-6-7-8-9-10-11-12-13-14-15-20-29-25(28)22(3)26-24(27)23-18-16-21(2)17-19-23/h16-19,22H,4-15,20H2,1-3H3,(H,26,27)/t22-/m0/s1. The van der Waals surface area contributed by atoms with Crippen molar-refractivity contribution in [3.05, 3.63) is 35.4 Å². The van der Waals surface area contributed by atoms with Gasteiger partial charge in [-0.25, -0.2) is 4.79 Å². The molecule has 0 fully saturated rings. The molecule has 164 valence electrons. The van der Waals surface area contributed by atoms with E-state index >= 15 is 0 Å². The average Bonchev–Trinajstić information content (AvgIpc) is 2.71.